The second kappa shape index (κ2) is 4.24. The highest BCUT2D eigenvalue weighted by Crippen LogP contribution is 2.21. The van der Waals surface area contributed by atoms with Crippen LogP contribution < -0.4 is 0 Å². The SMILES string of the molecule is CCN(S)CC(C)(C)CC. The molecule has 0 radical (unpaired) electrons. The largest absolute Gasteiger partial charge is 0.253 e. The Morgan fingerprint density at radius 3 is 2.10 bits per heavy atom. The molecule has 0 saturated heterocycles. The third-order valence-corrected chi connectivity index (χ3v) is 2.36. The molecule has 0 rings (SSSR count). The van der Waals surface area contributed by atoms with E-state index < -0.39 is 0 Å². The van der Waals surface area contributed by atoms with Crippen LogP contribution in [0, 0.1) is 5.41 Å². The maximum absolute atomic E-state index is 4.31. The fraction of sp³-hybridized carbons (Fsp3) is 1.00. The third kappa shape index (κ3) is 4.18. The van der Waals surface area contributed by atoms with Crippen LogP contribution >= 0.6 is 12.8 Å². The van der Waals surface area contributed by atoms with Crippen molar-refractivity contribution in [2.24, 2.45) is 5.41 Å². The average Bonchev–Trinajstić information content (AvgIpc) is 1.87. The molecule has 0 aromatic heterocycles. The standard InChI is InChI=1S/C8H19NS/c1-5-8(3,4)7-9(10)6-2/h10H,5-7H2,1-4H3. The van der Waals surface area contributed by atoms with Gasteiger partial charge in [-0.15, -0.1) is 0 Å². The lowest BCUT2D eigenvalue weighted by Crippen LogP contribution is -2.27. The Hall–Kier alpha value is 0.310. The molecular weight excluding hydrogens is 142 g/mol. The minimum Gasteiger partial charge on any atom is -0.253 e. The number of thiol groups is 1. The van der Waals surface area contributed by atoms with Crippen LogP contribution in [0.25, 0.3) is 0 Å². The van der Waals surface area contributed by atoms with E-state index in [1.54, 1.807) is 0 Å². The van der Waals surface area contributed by atoms with Gasteiger partial charge in [0.25, 0.3) is 0 Å². The van der Waals surface area contributed by atoms with Gasteiger partial charge >= 0.3 is 0 Å². The first-order chi connectivity index (χ1) is 4.52. The van der Waals surface area contributed by atoms with Crippen molar-refractivity contribution < 1.29 is 0 Å². The molecule has 0 amide bonds. The molecule has 0 saturated carbocycles. The third-order valence-electron chi connectivity index (χ3n) is 1.93. The molecule has 0 aliphatic heterocycles. The molecule has 0 aliphatic carbocycles. The van der Waals surface area contributed by atoms with Gasteiger partial charge in [-0.2, -0.15) is 0 Å². The summed E-state index contributed by atoms with van der Waals surface area (Å²) in [6, 6.07) is 0. The summed E-state index contributed by atoms with van der Waals surface area (Å²) in [5.41, 5.74) is 0.414. The van der Waals surface area contributed by atoms with Crippen molar-refractivity contribution in [2.45, 2.75) is 34.1 Å². The summed E-state index contributed by atoms with van der Waals surface area (Å²) < 4.78 is 2.06. The predicted octanol–water partition coefficient (Wildman–Crippen LogP) is 2.59. The van der Waals surface area contributed by atoms with E-state index in [0.29, 0.717) is 5.41 Å². The van der Waals surface area contributed by atoms with Crippen LogP contribution in [0.2, 0.25) is 0 Å². The second-order valence-electron chi connectivity index (χ2n) is 3.50. The minimum atomic E-state index is 0.414. The van der Waals surface area contributed by atoms with Gasteiger partial charge in [-0.25, -0.2) is 0 Å². The fourth-order valence-electron chi connectivity index (χ4n) is 0.718. The lowest BCUT2D eigenvalue weighted by Gasteiger charge is -2.27. The second-order valence-corrected chi connectivity index (χ2v) is 4.06. The van der Waals surface area contributed by atoms with Crippen LogP contribution in [0.15, 0.2) is 0 Å². The first kappa shape index (κ1) is 10.3. The summed E-state index contributed by atoms with van der Waals surface area (Å²) in [5, 5.41) is 0. The van der Waals surface area contributed by atoms with Crippen LogP contribution in [0.1, 0.15) is 34.1 Å². The number of rotatable bonds is 4. The Morgan fingerprint density at radius 1 is 1.30 bits per heavy atom. The van der Waals surface area contributed by atoms with E-state index in [1.807, 2.05) is 0 Å². The van der Waals surface area contributed by atoms with Gasteiger partial charge in [-0.1, -0.05) is 40.5 Å². The molecule has 0 aliphatic rings. The highest BCUT2D eigenvalue weighted by molar-refractivity contribution is 7.77. The molecule has 0 N–H and O–H groups in total. The molecule has 2 heteroatoms. The summed E-state index contributed by atoms with van der Waals surface area (Å²) in [5.74, 6) is 0. The van der Waals surface area contributed by atoms with Crippen molar-refractivity contribution in [1.29, 1.82) is 0 Å². The molecule has 0 unspecified atom stereocenters. The summed E-state index contributed by atoms with van der Waals surface area (Å²) in [6.07, 6.45) is 1.21. The van der Waals surface area contributed by atoms with Crippen molar-refractivity contribution in [1.82, 2.24) is 4.31 Å². The average molecular weight is 161 g/mol. The molecule has 0 spiro atoms. The highest BCUT2D eigenvalue weighted by Gasteiger charge is 2.16. The topological polar surface area (TPSA) is 3.24 Å². The summed E-state index contributed by atoms with van der Waals surface area (Å²) in [6.45, 7) is 11.0. The molecule has 0 aromatic carbocycles. The van der Waals surface area contributed by atoms with E-state index in [2.05, 4.69) is 44.8 Å². The Labute approximate surface area is 70.3 Å². The summed E-state index contributed by atoms with van der Waals surface area (Å²) in [4.78, 5) is 0. The van der Waals surface area contributed by atoms with Crippen LogP contribution in [-0.2, 0) is 0 Å². The van der Waals surface area contributed by atoms with E-state index in [1.165, 1.54) is 6.42 Å². The van der Waals surface area contributed by atoms with Gasteiger partial charge in [-0.3, -0.25) is 4.31 Å². The number of hydrogen-bond donors (Lipinski definition) is 1. The maximum Gasteiger partial charge on any atom is 0.0138 e. The zero-order valence-electron chi connectivity index (χ0n) is 7.52. The van der Waals surface area contributed by atoms with E-state index in [0.717, 1.165) is 13.1 Å². The molecule has 0 heterocycles. The number of nitrogens with zero attached hydrogens (tertiary/aromatic N) is 1. The van der Waals surface area contributed by atoms with Crippen molar-refractivity contribution in [2.75, 3.05) is 13.1 Å². The van der Waals surface area contributed by atoms with E-state index >= 15 is 0 Å². The van der Waals surface area contributed by atoms with Gasteiger partial charge in [0.05, 0.1) is 0 Å². The van der Waals surface area contributed by atoms with Crippen molar-refractivity contribution in [3.63, 3.8) is 0 Å². The molecule has 0 atom stereocenters. The number of hydrogen-bond acceptors (Lipinski definition) is 2. The highest BCUT2D eigenvalue weighted by atomic mass is 32.1. The first-order valence-electron chi connectivity index (χ1n) is 3.95. The predicted molar refractivity (Wildman–Crippen MR) is 50.3 cm³/mol. The Balaban J connectivity index is 3.64. The molecule has 0 bridgehead atoms. The van der Waals surface area contributed by atoms with E-state index in [-0.39, 0.29) is 0 Å². The Kier molecular flexibility index (Phi) is 4.37. The normalized spacial score (nSPS) is 12.6. The van der Waals surface area contributed by atoms with E-state index in [4.69, 9.17) is 0 Å². The lowest BCUT2D eigenvalue weighted by atomic mass is 9.90. The molecule has 0 fully saturated rings. The molecule has 62 valence electrons. The van der Waals surface area contributed by atoms with Crippen molar-refractivity contribution in [3.05, 3.63) is 0 Å². The molecule has 1 nitrogen and oxygen atoms in total. The van der Waals surface area contributed by atoms with Crippen LogP contribution in [0.4, 0.5) is 0 Å². The monoisotopic (exact) mass is 161 g/mol. The smallest absolute Gasteiger partial charge is 0.0138 e. The molecule has 0 aromatic rings. The van der Waals surface area contributed by atoms with Gasteiger partial charge in [0.2, 0.25) is 0 Å². The lowest BCUT2D eigenvalue weighted by molar-refractivity contribution is 0.272. The quantitative estimate of drug-likeness (QED) is 0.620. The fourth-order valence-corrected chi connectivity index (χ4v) is 1.10. The van der Waals surface area contributed by atoms with Gasteiger partial charge in [0.15, 0.2) is 0 Å². The Bertz CT molecular complexity index is 91.3. The summed E-state index contributed by atoms with van der Waals surface area (Å²) >= 11 is 4.31. The minimum absolute atomic E-state index is 0.414. The Morgan fingerprint density at radius 2 is 1.80 bits per heavy atom. The van der Waals surface area contributed by atoms with Crippen LogP contribution in [-0.4, -0.2) is 17.4 Å². The van der Waals surface area contributed by atoms with Crippen molar-refractivity contribution >= 4 is 12.8 Å². The molecule has 10 heavy (non-hydrogen) atoms. The van der Waals surface area contributed by atoms with Gasteiger partial charge in [0.1, 0.15) is 0 Å². The first-order valence-corrected chi connectivity index (χ1v) is 4.35. The van der Waals surface area contributed by atoms with Crippen LogP contribution in [0.5, 0.6) is 0 Å². The van der Waals surface area contributed by atoms with Gasteiger partial charge in [-0.05, 0) is 11.8 Å². The van der Waals surface area contributed by atoms with Crippen molar-refractivity contribution in [3.8, 4) is 0 Å². The van der Waals surface area contributed by atoms with Gasteiger partial charge in [0, 0.05) is 13.1 Å². The van der Waals surface area contributed by atoms with Gasteiger partial charge < -0.3 is 0 Å². The zero-order valence-corrected chi connectivity index (χ0v) is 8.41. The summed E-state index contributed by atoms with van der Waals surface area (Å²) in [7, 11) is 0. The molecular formula is C8H19NS. The maximum atomic E-state index is 4.31. The zero-order chi connectivity index (χ0) is 8.20. The van der Waals surface area contributed by atoms with Crippen LogP contribution in [0.3, 0.4) is 0 Å². The van der Waals surface area contributed by atoms with E-state index in [9.17, 15) is 0 Å².